The van der Waals surface area contributed by atoms with E-state index < -0.39 is 22.7 Å². The maximum absolute atomic E-state index is 13.7. The van der Waals surface area contributed by atoms with E-state index in [1.54, 1.807) is 48.7 Å². The molecule has 0 fully saturated rings. The molecule has 1 aliphatic carbocycles. The topological polar surface area (TPSA) is 123 Å². The predicted molar refractivity (Wildman–Crippen MR) is 144 cm³/mol. The largest absolute Gasteiger partial charge is 0.327 e. The second-order valence-corrected chi connectivity index (χ2v) is 10.9. The van der Waals surface area contributed by atoms with Crippen molar-refractivity contribution in [2.24, 2.45) is 5.41 Å². The van der Waals surface area contributed by atoms with Crippen LogP contribution in [0, 0.1) is 15.5 Å². The Kier molecular flexibility index (Phi) is 6.07. The Morgan fingerprint density at radius 3 is 2.30 bits per heavy atom. The molecule has 10 nitrogen and oxygen atoms in total. The number of ketones is 1. The highest BCUT2D eigenvalue weighted by molar-refractivity contribution is 6.20. The number of pyridine rings is 1. The molecule has 0 saturated carbocycles. The molecule has 0 saturated heterocycles. The van der Waals surface area contributed by atoms with E-state index >= 15 is 0 Å². The number of anilines is 1. The van der Waals surface area contributed by atoms with Crippen LogP contribution in [0.25, 0.3) is 0 Å². The van der Waals surface area contributed by atoms with Crippen LogP contribution in [-0.4, -0.2) is 45.7 Å². The molecule has 6 rings (SSSR count). The van der Waals surface area contributed by atoms with Crippen molar-refractivity contribution in [3.8, 4) is 0 Å². The molecule has 1 aromatic heterocycles. The molecule has 0 bridgehead atoms. The van der Waals surface area contributed by atoms with Gasteiger partial charge in [0.05, 0.1) is 29.2 Å². The second kappa shape index (κ2) is 9.49. The Balaban J connectivity index is 1.36. The Morgan fingerprint density at radius 1 is 0.975 bits per heavy atom. The van der Waals surface area contributed by atoms with Crippen LogP contribution >= 0.6 is 0 Å². The zero-order valence-corrected chi connectivity index (χ0v) is 22.0. The minimum Gasteiger partial charge on any atom is -0.327 e. The third-order valence-electron chi connectivity index (χ3n) is 7.62. The van der Waals surface area contributed by atoms with Crippen molar-refractivity contribution in [3.05, 3.63) is 110 Å². The predicted octanol–water partition coefficient (Wildman–Crippen LogP) is 4.81. The van der Waals surface area contributed by atoms with E-state index in [4.69, 9.17) is 4.84 Å². The summed E-state index contributed by atoms with van der Waals surface area (Å²) in [6.45, 7) is 4.32. The number of hydrogen-bond donors (Lipinski definition) is 0. The number of carbonyl (C=O) groups excluding carboxylic acids is 3. The third-order valence-corrected chi connectivity index (χ3v) is 7.62. The fraction of sp³-hybridized carbons (Fsp3) is 0.267. The van der Waals surface area contributed by atoms with Gasteiger partial charge >= 0.3 is 0 Å². The number of non-ortho nitro benzene ring substituents is 1. The van der Waals surface area contributed by atoms with Crippen LogP contribution in [0.3, 0.4) is 0 Å². The summed E-state index contributed by atoms with van der Waals surface area (Å²) in [6, 6.07) is 16.6. The molecule has 0 radical (unpaired) electrons. The summed E-state index contributed by atoms with van der Waals surface area (Å²) in [6.07, 6.45) is 2.63. The van der Waals surface area contributed by atoms with Crippen LogP contribution in [0.15, 0.2) is 78.1 Å². The van der Waals surface area contributed by atoms with Crippen LogP contribution in [-0.2, 0) is 9.63 Å². The van der Waals surface area contributed by atoms with E-state index in [1.165, 1.54) is 12.1 Å². The first-order valence-corrected chi connectivity index (χ1v) is 13.0. The van der Waals surface area contributed by atoms with Gasteiger partial charge in [-0.05, 0) is 35.6 Å². The minimum absolute atomic E-state index is 0.00488. The number of nitro benzene ring substituents is 1. The first-order valence-electron chi connectivity index (χ1n) is 13.0. The number of carbonyl (C=O) groups is 3. The van der Waals surface area contributed by atoms with Crippen molar-refractivity contribution >= 4 is 29.1 Å². The summed E-state index contributed by atoms with van der Waals surface area (Å²) in [5, 5.41) is 12.0. The molecule has 3 heterocycles. The summed E-state index contributed by atoms with van der Waals surface area (Å²) < 4.78 is 0. The average Bonchev–Trinajstić information content (AvgIpc) is 3.17. The summed E-state index contributed by atoms with van der Waals surface area (Å²) in [7, 11) is 0. The summed E-state index contributed by atoms with van der Waals surface area (Å²) >= 11 is 0. The molecule has 0 N–H and O–H groups in total. The van der Waals surface area contributed by atoms with E-state index in [0.29, 0.717) is 35.4 Å². The van der Waals surface area contributed by atoms with Gasteiger partial charge in [0.15, 0.2) is 5.78 Å². The quantitative estimate of drug-likeness (QED) is 0.249. The van der Waals surface area contributed by atoms with Gasteiger partial charge in [-0.25, -0.2) is 4.98 Å². The Hall–Kier alpha value is -4.70. The second-order valence-electron chi connectivity index (χ2n) is 10.9. The van der Waals surface area contributed by atoms with Crippen molar-refractivity contribution in [3.63, 3.8) is 0 Å². The number of hydrogen-bond acceptors (Lipinski definition) is 8. The Labute approximate surface area is 230 Å². The molecule has 3 aliphatic rings. The molecule has 40 heavy (non-hydrogen) atoms. The van der Waals surface area contributed by atoms with Gasteiger partial charge in [-0.15, -0.1) is 5.06 Å². The molecule has 1 atom stereocenters. The molecule has 3 aromatic rings. The molecule has 2 aliphatic heterocycles. The highest BCUT2D eigenvalue weighted by Gasteiger charge is 2.44. The van der Waals surface area contributed by atoms with Crippen molar-refractivity contribution < 1.29 is 24.1 Å². The zero-order chi connectivity index (χ0) is 28.2. The van der Waals surface area contributed by atoms with Gasteiger partial charge in [0.25, 0.3) is 17.5 Å². The fourth-order valence-electron chi connectivity index (χ4n) is 5.90. The van der Waals surface area contributed by atoms with Crippen molar-refractivity contribution in [1.29, 1.82) is 0 Å². The van der Waals surface area contributed by atoms with Gasteiger partial charge in [-0.3, -0.25) is 29.3 Å². The molecule has 2 amide bonds. The number of rotatable bonds is 6. The molecule has 0 spiro atoms. The highest BCUT2D eigenvalue weighted by atomic mass is 16.7. The number of amides is 2. The number of Topliss-reactive ketones (excluding diaryl/α,β-unsaturated/α-hetero) is 1. The van der Waals surface area contributed by atoms with Crippen LogP contribution in [0.2, 0.25) is 0 Å². The zero-order valence-electron chi connectivity index (χ0n) is 22.0. The van der Waals surface area contributed by atoms with E-state index in [2.05, 4.69) is 4.98 Å². The number of hydroxylamine groups is 2. The third kappa shape index (κ3) is 4.17. The molecule has 202 valence electrons. The van der Waals surface area contributed by atoms with E-state index in [-0.39, 0.29) is 30.0 Å². The molecular weight excluding hydrogens is 512 g/mol. The van der Waals surface area contributed by atoms with Gasteiger partial charge < -0.3 is 4.90 Å². The Morgan fingerprint density at radius 2 is 1.65 bits per heavy atom. The Bertz CT molecular complexity index is 1580. The van der Waals surface area contributed by atoms with Crippen LogP contribution in [0.5, 0.6) is 0 Å². The molecular formula is C30H26N4O6. The van der Waals surface area contributed by atoms with Crippen LogP contribution in [0.1, 0.15) is 64.4 Å². The standard InChI is InChI=1S/C30H26N4O6/c1-30(2)16-23-26(24(35)17-30)25(18-9-11-19(12-10-18)34(38)39)22-8-5-13-31-27(22)32(23)14-15-40-33-28(36)20-6-3-4-7-21(20)29(33)37/h3-13,25H,14-17H2,1-2H3. The lowest BCUT2D eigenvalue weighted by Gasteiger charge is -2.44. The summed E-state index contributed by atoms with van der Waals surface area (Å²) in [5.74, 6) is -0.803. The van der Waals surface area contributed by atoms with Gasteiger partial charge in [0.2, 0.25) is 0 Å². The first kappa shape index (κ1) is 25.6. The number of aromatic nitrogens is 1. The summed E-state index contributed by atoms with van der Waals surface area (Å²) in [5.41, 5.74) is 3.27. The number of nitro groups is 1. The first-order chi connectivity index (χ1) is 19.2. The van der Waals surface area contributed by atoms with Gasteiger partial charge in [-0.1, -0.05) is 44.2 Å². The van der Waals surface area contributed by atoms with Crippen molar-refractivity contribution in [2.75, 3.05) is 18.1 Å². The van der Waals surface area contributed by atoms with Gasteiger partial charge in [-0.2, -0.15) is 0 Å². The smallest absolute Gasteiger partial charge is 0.285 e. The normalized spacial score (nSPS) is 19.4. The lowest BCUT2D eigenvalue weighted by atomic mass is 9.68. The molecule has 10 heteroatoms. The minimum atomic E-state index is -0.509. The van der Waals surface area contributed by atoms with Crippen molar-refractivity contribution in [1.82, 2.24) is 10.0 Å². The summed E-state index contributed by atoms with van der Waals surface area (Å²) in [4.78, 5) is 62.4. The van der Waals surface area contributed by atoms with Gasteiger partial charge in [0.1, 0.15) is 5.82 Å². The maximum Gasteiger partial charge on any atom is 0.285 e. The highest BCUT2D eigenvalue weighted by Crippen LogP contribution is 2.51. The van der Waals surface area contributed by atoms with E-state index in [1.807, 2.05) is 24.8 Å². The van der Waals surface area contributed by atoms with E-state index in [0.717, 1.165) is 21.9 Å². The number of fused-ring (bicyclic) bond motifs is 2. The SMILES string of the molecule is CC1(C)CC(=O)C2=C(C1)N(CCON1C(=O)c3ccccc3C1=O)c1ncccc1C2c1ccc([N+](=O)[O-])cc1. The van der Waals surface area contributed by atoms with Crippen LogP contribution in [0.4, 0.5) is 11.5 Å². The number of imide groups is 1. The van der Waals surface area contributed by atoms with E-state index in [9.17, 15) is 24.5 Å². The maximum atomic E-state index is 13.7. The molecule has 2 aromatic carbocycles. The lowest BCUT2D eigenvalue weighted by molar-refractivity contribution is -0.384. The van der Waals surface area contributed by atoms with Gasteiger partial charge in [0, 0.05) is 47.5 Å². The molecule has 1 unspecified atom stereocenters. The van der Waals surface area contributed by atoms with Crippen LogP contribution < -0.4 is 4.90 Å². The lowest BCUT2D eigenvalue weighted by Crippen LogP contribution is -2.42. The number of benzene rings is 2. The fourth-order valence-corrected chi connectivity index (χ4v) is 5.90. The number of nitrogens with zero attached hydrogens (tertiary/aromatic N) is 4. The monoisotopic (exact) mass is 538 g/mol. The number of allylic oxidation sites excluding steroid dienone is 2. The van der Waals surface area contributed by atoms with Crippen molar-refractivity contribution in [2.45, 2.75) is 32.6 Å². The average molecular weight is 539 g/mol.